The van der Waals surface area contributed by atoms with E-state index in [-0.39, 0.29) is 17.5 Å². The molecule has 0 saturated heterocycles. The summed E-state index contributed by atoms with van der Waals surface area (Å²) in [5.41, 5.74) is 0.772. The van der Waals surface area contributed by atoms with E-state index < -0.39 is 27.6 Å². The first-order chi connectivity index (χ1) is 16.3. The summed E-state index contributed by atoms with van der Waals surface area (Å²) < 4.78 is 0. The number of carbonyl (C=O) groups excluding carboxylic acids is 3. The second-order valence-electron chi connectivity index (χ2n) is 12.2. The number of para-hydroxylation sites is 1. The molecule has 0 unspecified atom stereocenters. The maximum atomic E-state index is 14.2. The number of hydrogen-bond acceptors (Lipinski definition) is 3. The Bertz CT molecular complexity index is 1300. The summed E-state index contributed by atoms with van der Waals surface area (Å²) >= 11 is 0. The van der Waals surface area contributed by atoms with Crippen molar-refractivity contribution in [2.24, 2.45) is 22.2 Å². The summed E-state index contributed by atoms with van der Waals surface area (Å²) in [5.74, 6) is -0.766. The van der Waals surface area contributed by atoms with Crippen molar-refractivity contribution < 1.29 is 14.4 Å². The van der Waals surface area contributed by atoms with Gasteiger partial charge in [0, 0.05) is 34.9 Å². The van der Waals surface area contributed by atoms with E-state index in [9.17, 15) is 14.4 Å². The van der Waals surface area contributed by atoms with Crippen LogP contribution in [0.4, 0.5) is 5.69 Å². The van der Waals surface area contributed by atoms with Gasteiger partial charge in [0.05, 0.1) is 5.92 Å². The van der Waals surface area contributed by atoms with Gasteiger partial charge in [-0.25, -0.2) is 0 Å². The molecule has 180 valence electrons. The van der Waals surface area contributed by atoms with Gasteiger partial charge >= 0.3 is 0 Å². The minimum atomic E-state index is -1.07. The van der Waals surface area contributed by atoms with Crippen molar-refractivity contribution in [2.45, 2.75) is 47.0 Å². The average molecular weight is 468 g/mol. The molecule has 2 aromatic rings. The maximum Gasteiger partial charge on any atom is 0.239 e. The Hall–Kier alpha value is -3.27. The number of hydrogen-bond donors (Lipinski definition) is 0. The van der Waals surface area contributed by atoms with Crippen LogP contribution in [0.3, 0.4) is 0 Å². The zero-order valence-electron chi connectivity index (χ0n) is 21.6. The van der Waals surface area contributed by atoms with E-state index >= 15 is 0 Å². The Labute approximate surface area is 207 Å². The quantitative estimate of drug-likeness (QED) is 0.515. The molecule has 2 aliphatic carbocycles. The molecule has 2 atom stereocenters. The lowest BCUT2D eigenvalue weighted by Crippen LogP contribution is -2.36. The van der Waals surface area contributed by atoms with Gasteiger partial charge in [-0.2, -0.15) is 0 Å². The first-order valence-corrected chi connectivity index (χ1v) is 12.3. The number of fused-ring (bicyclic) bond motifs is 3. The van der Waals surface area contributed by atoms with Gasteiger partial charge in [0.1, 0.15) is 5.41 Å². The van der Waals surface area contributed by atoms with Crippen LogP contribution in [-0.2, 0) is 15.0 Å². The average Bonchev–Trinajstić information content (AvgIpc) is 3.31. The second kappa shape index (κ2) is 7.13. The molecule has 2 spiro atoms. The molecular formula is C31H33NO3. The molecule has 1 fully saturated rings. The van der Waals surface area contributed by atoms with Gasteiger partial charge in [-0.3, -0.25) is 14.4 Å². The third kappa shape index (κ3) is 2.95. The molecule has 1 saturated carbocycles. The van der Waals surface area contributed by atoms with E-state index in [0.29, 0.717) is 16.7 Å². The van der Waals surface area contributed by atoms with E-state index in [2.05, 4.69) is 0 Å². The molecule has 2 aromatic carbocycles. The number of anilines is 1. The number of carbonyl (C=O) groups is 3. The van der Waals surface area contributed by atoms with E-state index in [1.165, 1.54) is 0 Å². The standard InChI is InChI=1S/C31H33NO3/c1-28(2,3)21-17-30(18-22(25(21)34)29(4,5)6)26(24(33)19-13-9-8-10-14-19)31(30)20-15-11-12-16-23(20)32(7)27(31)35/h8-18,26H,1-7H3/t26-,31-/m1/s1. The number of nitrogens with zero attached hydrogens (tertiary/aromatic N) is 1. The highest BCUT2D eigenvalue weighted by atomic mass is 16.2. The fourth-order valence-electron chi connectivity index (χ4n) is 6.29. The fourth-order valence-corrected chi connectivity index (χ4v) is 6.29. The highest BCUT2D eigenvalue weighted by Crippen LogP contribution is 2.77. The Morgan fingerprint density at radius 2 is 1.31 bits per heavy atom. The molecule has 0 N–H and O–H groups in total. The van der Waals surface area contributed by atoms with Crippen LogP contribution < -0.4 is 4.90 Å². The first-order valence-electron chi connectivity index (χ1n) is 12.3. The van der Waals surface area contributed by atoms with Crippen molar-refractivity contribution in [3.8, 4) is 0 Å². The lowest BCUT2D eigenvalue weighted by atomic mass is 9.68. The number of ketones is 2. The number of Topliss-reactive ketones (excluding diaryl/α,β-unsaturated/α-hetero) is 2. The summed E-state index contributed by atoms with van der Waals surface area (Å²) in [6.07, 6.45) is 3.95. The number of allylic oxidation sites excluding steroid dienone is 4. The van der Waals surface area contributed by atoms with E-state index in [0.717, 1.165) is 11.3 Å². The van der Waals surface area contributed by atoms with Crippen molar-refractivity contribution in [2.75, 3.05) is 11.9 Å². The van der Waals surface area contributed by atoms with Crippen LogP contribution in [0.15, 0.2) is 77.9 Å². The Morgan fingerprint density at radius 1 is 0.800 bits per heavy atom. The maximum absolute atomic E-state index is 14.2. The topological polar surface area (TPSA) is 54.5 Å². The molecule has 4 heteroatoms. The minimum Gasteiger partial charge on any atom is -0.314 e. The van der Waals surface area contributed by atoms with Gasteiger partial charge in [0.25, 0.3) is 0 Å². The summed E-state index contributed by atoms with van der Waals surface area (Å²) in [6.45, 7) is 12.1. The van der Waals surface area contributed by atoms with Crippen molar-refractivity contribution >= 4 is 23.2 Å². The monoisotopic (exact) mass is 467 g/mol. The SMILES string of the molecule is CN1C(=O)[C@@]2(c3ccccc31)[C@H](C(=O)c1ccccc1)C21C=C(C(C)(C)C)C(=O)C(C(C)(C)C)=C1. The molecule has 35 heavy (non-hydrogen) atoms. The van der Waals surface area contributed by atoms with Crippen molar-refractivity contribution in [3.63, 3.8) is 0 Å². The summed E-state index contributed by atoms with van der Waals surface area (Å²) in [4.78, 5) is 43.8. The lowest BCUT2D eigenvalue weighted by molar-refractivity contribution is -0.121. The molecule has 0 radical (unpaired) electrons. The molecular weight excluding hydrogens is 434 g/mol. The lowest BCUT2D eigenvalue weighted by Gasteiger charge is -2.34. The third-order valence-electron chi connectivity index (χ3n) is 8.03. The first kappa shape index (κ1) is 23.5. The van der Waals surface area contributed by atoms with Crippen molar-refractivity contribution in [1.82, 2.24) is 0 Å². The molecule has 1 heterocycles. The largest absolute Gasteiger partial charge is 0.314 e. The van der Waals surface area contributed by atoms with Gasteiger partial charge in [0.2, 0.25) is 5.91 Å². The van der Waals surface area contributed by atoms with Gasteiger partial charge in [0.15, 0.2) is 11.6 Å². The van der Waals surface area contributed by atoms with Crippen LogP contribution in [-0.4, -0.2) is 24.5 Å². The molecule has 0 aromatic heterocycles. The third-order valence-corrected chi connectivity index (χ3v) is 8.03. The van der Waals surface area contributed by atoms with Crippen LogP contribution in [0.2, 0.25) is 0 Å². The summed E-state index contributed by atoms with van der Waals surface area (Å²) in [5, 5.41) is 0. The zero-order chi connectivity index (χ0) is 25.6. The highest BCUT2D eigenvalue weighted by molar-refractivity contribution is 6.21. The predicted molar refractivity (Wildman–Crippen MR) is 138 cm³/mol. The van der Waals surface area contributed by atoms with Crippen LogP contribution >= 0.6 is 0 Å². The minimum absolute atomic E-state index is 0.00988. The number of benzene rings is 2. The Balaban J connectivity index is 1.86. The van der Waals surface area contributed by atoms with Crippen LogP contribution in [0.25, 0.3) is 0 Å². The predicted octanol–water partition coefficient (Wildman–Crippen LogP) is 5.93. The number of rotatable bonds is 2. The van der Waals surface area contributed by atoms with E-state index in [1.807, 2.05) is 108 Å². The van der Waals surface area contributed by atoms with E-state index in [1.54, 1.807) is 11.9 Å². The van der Waals surface area contributed by atoms with Gasteiger partial charge < -0.3 is 4.90 Å². The van der Waals surface area contributed by atoms with Gasteiger partial charge in [-0.1, -0.05) is 102 Å². The van der Waals surface area contributed by atoms with Gasteiger partial charge in [-0.15, -0.1) is 0 Å². The van der Waals surface area contributed by atoms with Crippen LogP contribution in [0.5, 0.6) is 0 Å². The highest BCUT2D eigenvalue weighted by Gasteiger charge is 2.85. The molecule has 4 nitrogen and oxygen atoms in total. The van der Waals surface area contributed by atoms with E-state index in [4.69, 9.17) is 0 Å². The zero-order valence-corrected chi connectivity index (χ0v) is 21.6. The molecule has 1 aliphatic heterocycles. The summed E-state index contributed by atoms with van der Waals surface area (Å²) in [7, 11) is 1.78. The smallest absolute Gasteiger partial charge is 0.239 e. The fraction of sp³-hybridized carbons (Fsp3) is 0.387. The van der Waals surface area contributed by atoms with Gasteiger partial charge in [-0.05, 0) is 22.5 Å². The summed E-state index contributed by atoms with van der Waals surface area (Å²) in [6, 6.07) is 17.0. The number of likely N-dealkylation sites (N-methyl/N-ethyl adjacent to an activating group) is 1. The van der Waals surface area contributed by atoms with Crippen molar-refractivity contribution in [3.05, 3.63) is 89.0 Å². The Morgan fingerprint density at radius 3 is 1.86 bits per heavy atom. The Kier molecular flexibility index (Phi) is 4.78. The molecule has 1 amide bonds. The van der Waals surface area contributed by atoms with Crippen LogP contribution in [0.1, 0.15) is 57.5 Å². The van der Waals surface area contributed by atoms with Crippen LogP contribution in [0, 0.1) is 22.2 Å². The molecule has 0 bridgehead atoms. The normalized spacial score (nSPS) is 25.0. The number of amides is 1. The molecule has 3 aliphatic rings. The molecule has 5 rings (SSSR count). The van der Waals surface area contributed by atoms with Crippen molar-refractivity contribution in [1.29, 1.82) is 0 Å². The second-order valence-corrected chi connectivity index (χ2v) is 12.2.